The largest absolute Gasteiger partial charge is 0.476 e. The number of para-hydroxylation sites is 2. The molecule has 0 aliphatic carbocycles. The van der Waals surface area contributed by atoms with Gasteiger partial charge in [0.05, 0.1) is 11.1 Å². The van der Waals surface area contributed by atoms with Gasteiger partial charge in [-0.1, -0.05) is 52.8 Å². The van der Waals surface area contributed by atoms with E-state index in [9.17, 15) is 23.1 Å². The molecule has 222 valence electrons. The van der Waals surface area contributed by atoms with Crippen LogP contribution in [0.2, 0.25) is 0 Å². The van der Waals surface area contributed by atoms with E-state index in [1.165, 1.54) is 52.0 Å². The van der Waals surface area contributed by atoms with E-state index in [1.807, 2.05) is 0 Å². The lowest BCUT2D eigenvalue weighted by Gasteiger charge is -2.21. The van der Waals surface area contributed by atoms with E-state index in [0.717, 1.165) is 12.1 Å². The molecule has 0 radical (unpaired) electrons. The van der Waals surface area contributed by atoms with Crippen molar-refractivity contribution in [1.29, 1.82) is 0 Å². The minimum atomic E-state index is -4.51. The number of oxime groups is 2. The van der Waals surface area contributed by atoms with Crippen LogP contribution in [0.4, 0.5) is 13.2 Å². The molecular formula is C29H28F3N3O7. The fourth-order valence-corrected chi connectivity index (χ4v) is 3.81. The topological polar surface area (TPSA) is 121 Å². The predicted octanol–water partition coefficient (Wildman–Crippen LogP) is 5.55. The molecule has 42 heavy (non-hydrogen) atoms. The summed E-state index contributed by atoms with van der Waals surface area (Å²) in [5.41, 5.74) is 0.614. The van der Waals surface area contributed by atoms with Crippen LogP contribution in [-0.2, 0) is 25.4 Å². The molecule has 0 spiro atoms. The van der Waals surface area contributed by atoms with Gasteiger partial charge in [-0.2, -0.15) is 13.2 Å². The Balaban J connectivity index is 2.09. The summed E-state index contributed by atoms with van der Waals surface area (Å²) in [6.07, 6.45) is -2.91. The number of ether oxygens (including phenoxy) is 3. The molecule has 0 saturated heterocycles. The quantitative estimate of drug-likeness (QED) is 0.158. The van der Waals surface area contributed by atoms with Gasteiger partial charge in [0.1, 0.15) is 31.9 Å². The zero-order valence-corrected chi connectivity index (χ0v) is 23.1. The maximum absolute atomic E-state index is 13.1. The number of aliphatic carboxylic acids is 1. The molecule has 0 aromatic heterocycles. The average Bonchev–Trinajstić information content (AvgIpc) is 2.96. The number of hydrogen-bond donors (Lipinski definition) is 1. The van der Waals surface area contributed by atoms with Crippen LogP contribution in [0.5, 0.6) is 11.5 Å². The average molecular weight is 588 g/mol. The third-order valence-corrected chi connectivity index (χ3v) is 5.65. The number of carboxylic acid groups (broad SMARTS) is 1. The molecule has 0 bridgehead atoms. The van der Waals surface area contributed by atoms with Gasteiger partial charge in [-0.15, -0.1) is 0 Å². The monoisotopic (exact) mass is 587 g/mol. The molecule has 1 unspecified atom stereocenters. The highest BCUT2D eigenvalue weighted by atomic mass is 19.4. The number of rotatable bonds is 13. The zero-order chi connectivity index (χ0) is 30.7. The summed E-state index contributed by atoms with van der Waals surface area (Å²) in [6, 6.07) is 14.7. The lowest BCUT2D eigenvalue weighted by atomic mass is 9.96. The Morgan fingerprint density at radius 2 is 1.67 bits per heavy atom. The molecule has 0 amide bonds. The standard InChI is InChI=1S/C29H28F3N3O7/c1-18-8-5-11-21(26(18)42-24(38-2)16-34-39-3)22-12-7-13-23(25(28(36)37)35-40-4)27(22)41-17-33-15-19-9-6-10-20(14-19)29(30,31)32/h5-16,24H,17H2,1-4H3,(H,36,37)/b33-15?,34-16+,35-25+. The Labute approximate surface area is 239 Å². The Morgan fingerprint density at radius 3 is 2.31 bits per heavy atom. The van der Waals surface area contributed by atoms with Crippen LogP contribution in [0, 0.1) is 6.92 Å². The van der Waals surface area contributed by atoms with Crippen molar-refractivity contribution >= 4 is 24.1 Å². The maximum atomic E-state index is 13.1. The lowest BCUT2D eigenvalue weighted by molar-refractivity contribution is -0.137. The SMILES string of the molecule is CO/N=C/C(OC)Oc1c(C)cccc1-c1cccc(/C(=N\OC)C(=O)O)c1OCN=Cc1cccc(C(F)(F)F)c1. The number of hydrogen-bond acceptors (Lipinski definition) is 9. The van der Waals surface area contributed by atoms with Crippen LogP contribution >= 0.6 is 0 Å². The van der Waals surface area contributed by atoms with Crippen molar-refractivity contribution < 1.29 is 47.0 Å². The number of methoxy groups -OCH3 is 1. The first-order valence-electron chi connectivity index (χ1n) is 12.2. The van der Waals surface area contributed by atoms with E-state index in [1.54, 1.807) is 37.3 Å². The molecule has 0 aliphatic rings. The number of benzene rings is 3. The highest BCUT2D eigenvalue weighted by Gasteiger charge is 2.30. The number of aryl methyl sites for hydroxylation is 1. The number of halogens is 3. The Kier molecular flexibility index (Phi) is 11.0. The summed E-state index contributed by atoms with van der Waals surface area (Å²) in [5.74, 6) is -0.948. The van der Waals surface area contributed by atoms with Gasteiger partial charge in [0.25, 0.3) is 0 Å². The Morgan fingerprint density at radius 1 is 0.976 bits per heavy atom. The minimum Gasteiger partial charge on any atom is -0.476 e. The van der Waals surface area contributed by atoms with Crippen molar-refractivity contribution in [2.24, 2.45) is 15.3 Å². The van der Waals surface area contributed by atoms with Crippen LogP contribution in [0.25, 0.3) is 11.1 Å². The minimum absolute atomic E-state index is 0.0619. The molecule has 0 heterocycles. The molecule has 3 rings (SSSR count). The number of nitrogens with zero attached hydrogens (tertiary/aromatic N) is 3. The number of carbonyl (C=O) groups is 1. The number of carboxylic acids is 1. The van der Waals surface area contributed by atoms with Crippen molar-refractivity contribution in [1.82, 2.24) is 0 Å². The molecule has 10 nitrogen and oxygen atoms in total. The fourth-order valence-electron chi connectivity index (χ4n) is 3.81. The number of alkyl halides is 3. The summed E-state index contributed by atoms with van der Waals surface area (Å²) in [7, 11) is 3.99. The van der Waals surface area contributed by atoms with E-state index in [0.29, 0.717) is 22.4 Å². The Bertz CT molecular complexity index is 1470. The molecule has 3 aromatic rings. The van der Waals surface area contributed by atoms with Gasteiger partial charge < -0.3 is 29.0 Å². The third kappa shape index (κ3) is 8.07. The molecule has 1 atom stereocenters. The van der Waals surface area contributed by atoms with Crippen LogP contribution in [0.15, 0.2) is 76.0 Å². The first kappa shape index (κ1) is 31.6. The summed E-state index contributed by atoms with van der Waals surface area (Å²) in [6.45, 7) is 1.43. The summed E-state index contributed by atoms with van der Waals surface area (Å²) < 4.78 is 56.6. The van der Waals surface area contributed by atoms with Crippen molar-refractivity contribution in [3.63, 3.8) is 0 Å². The second-order valence-corrected chi connectivity index (χ2v) is 8.43. The first-order valence-corrected chi connectivity index (χ1v) is 12.2. The highest BCUT2D eigenvalue weighted by molar-refractivity contribution is 6.43. The van der Waals surface area contributed by atoms with Gasteiger partial charge in [-0.25, -0.2) is 4.79 Å². The van der Waals surface area contributed by atoms with Gasteiger partial charge in [-0.3, -0.25) is 4.99 Å². The van der Waals surface area contributed by atoms with Gasteiger partial charge >= 0.3 is 12.1 Å². The van der Waals surface area contributed by atoms with E-state index in [-0.39, 0.29) is 23.6 Å². The first-order chi connectivity index (χ1) is 20.1. The summed E-state index contributed by atoms with van der Waals surface area (Å²) >= 11 is 0. The third-order valence-electron chi connectivity index (χ3n) is 5.65. The smallest absolute Gasteiger partial charge is 0.416 e. The molecule has 0 aliphatic heterocycles. The van der Waals surface area contributed by atoms with Crippen molar-refractivity contribution in [3.8, 4) is 22.6 Å². The second kappa shape index (κ2) is 14.6. The van der Waals surface area contributed by atoms with E-state index >= 15 is 0 Å². The van der Waals surface area contributed by atoms with Crippen molar-refractivity contribution in [2.75, 3.05) is 28.1 Å². The van der Waals surface area contributed by atoms with Crippen LogP contribution in [0.3, 0.4) is 0 Å². The molecular weight excluding hydrogens is 559 g/mol. The lowest BCUT2D eigenvalue weighted by Crippen LogP contribution is -2.21. The predicted molar refractivity (Wildman–Crippen MR) is 149 cm³/mol. The van der Waals surface area contributed by atoms with Crippen LogP contribution < -0.4 is 9.47 Å². The van der Waals surface area contributed by atoms with Crippen molar-refractivity contribution in [3.05, 3.63) is 82.9 Å². The highest BCUT2D eigenvalue weighted by Crippen LogP contribution is 2.41. The molecule has 13 heteroatoms. The summed E-state index contributed by atoms with van der Waals surface area (Å²) in [5, 5.41) is 17.2. The number of aliphatic imine (C=N–C) groups is 1. The van der Waals surface area contributed by atoms with E-state index < -0.39 is 29.7 Å². The van der Waals surface area contributed by atoms with Gasteiger partial charge in [0, 0.05) is 24.5 Å². The maximum Gasteiger partial charge on any atom is 0.416 e. The normalized spacial score (nSPS) is 12.9. The van der Waals surface area contributed by atoms with Crippen LogP contribution in [-0.4, -0.2) is 63.6 Å². The second-order valence-electron chi connectivity index (χ2n) is 8.43. The van der Waals surface area contributed by atoms with Gasteiger partial charge in [-0.05, 0) is 36.2 Å². The molecule has 0 saturated carbocycles. The molecule has 0 fully saturated rings. The van der Waals surface area contributed by atoms with Gasteiger partial charge in [0.15, 0.2) is 12.4 Å². The van der Waals surface area contributed by atoms with E-state index in [2.05, 4.69) is 15.3 Å². The Hall–Kier alpha value is -4.91. The van der Waals surface area contributed by atoms with Crippen LogP contribution in [0.1, 0.15) is 22.3 Å². The van der Waals surface area contributed by atoms with Crippen molar-refractivity contribution in [2.45, 2.75) is 19.4 Å². The van der Waals surface area contributed by atoms with Gasteiger partial charge in [0.2, 0.25) is 6.29 Å². The molecule has 1 N–H and O–H groups in total. The van der Waals surface area contributed by atoms with E-state index in [4.69, 9.17) is 23.9 Å². The molecule has 3 aromatic carbocycles. The fraction of sp³-hybridized carbons (Fsp3) is 0.241. The zero-order valence-electron chi connectivity index (χ0n) is 23.1. The summed E-state index contributed by atoms with van der Waals surface area (Å²) in [4.78, 5) is 25.6.